The number of fused-ring (bicyclic) bond motifs is 1. The molecule has 18 heavy (non-hydrogen) atoms. The van der Waals surface area contributed by atoms with Crippen LogP contribution in [0.25, 0.3) is 22.6 Å². The molecule has 0 spiro atoms. The first-order chi connectivity index (χ1) is 8.81. The van der Waals surface area contributed by atoms with E-state index in [2.05, 4.69) is 20.2 Å². The molecule has 0 amide bonds. The highest BCUT2D eigenvalue weighted by molar-refractivity contribution is 5.82. The summed E-state index contributed by atoms with van der Waals surface area (Å²) in [5.41, 5.74) is 2.54. The standard InChI is InChI=1S/C12H12N4O2/c1-17-10-5-8-9(6-11(10)18-2)15-12(14-8)7-3-4-13-16-7/h3-6H,1-2H3,(H,13,16)(H,14,15). The number of H-pyrrole nitrogens is 2. The van der Waals surface area contributed by atoms with E-state index in [9.17, 15) is 0 Å². The number of ether oxygens (including phenoxy) is 2. The first-order valence-corrected chi connectivity index (χ1v) is 5.43. The van der Waals surface area contributed by atoms with Crippen LogP contribution in [-0.2, 0) is 0 Å². The van der Waals surface area contributed by atoms with Crippen molar-refractivity contribution in [2.45, 2.75) is 0 Å². The Bertz CT molecular complexity index is 632. The van der Waals surface area contributed by atoms with Gasteiger partial charge in [-0.15, -0.1) is 0 Å². The molecule has 0 aliphatic heterocycles. The molecule has 0 aliphatic rings. The lowest BCUT2D eigenvalue weighted by molar-refractivity contribution is 0.356. The Balaban J connectivity index is 2.17. The summed E-state index contributed by atoms with van der Waals surface area (Å²) in [5, 5.41) is 6.77. The fraction of sp³-hybridized carbons (Fsp3) is 0.167. The van der Waals surface area contributed by atoms with Crippen molar-refractivity contribution < 1.29 is 9.47 Å². The fourth-order valence-corrected chi connectivity index (χ4v) is 1.85. The van der Waals surface area contributed by atoms with Crippen LogP contribution >= 0.6 is 0 Å². The number of imidazole rings is 1. The monoisotopic (exact) mass is 244 g/mol. The first-order valence-electron chi connectivity index (χ1n) is 5.43. The van der Waals surface area contributed by atoms with E-state index in [1.54, 1.807) is 20.4 Å². The summed E-state index contributed by atoms with van der Waals surface area (Å²) in [6.45, 7) is 0. The maximum absolute atomic E-state index is 5.25. The maximum atomic E-state index is 5.25. The molecule has 0 radical (unpaired) electrons. The fourth-order valence-electron chi connectivity index (χ4n) is 1.85. The Labute approximate surface area is 103 Å². The van der Waals surface area contributed by atoms with Crippen LogP contribution in [0.15, 0.2) is 24.4 Å². The normalized spacial score (nSPS) is 10.8. The Morgan fingerprint density at radius 2 is 1.89 bits per heavy atom. The minimum absolute atomic E-state index is 0.660. The van der Waals surface area contributed by atoms with Gasteiger partial charge in [0.05, 0.1) is 25.3 Å². The largest absolute Gasteiger partial charge is 0.493 e. The Morgan fingerprint density at radius 3 is 2.56 bits per heavy atom. The van der Waals surface area contributed by atoms with Gasteiger partial charge in [-0.1, -0.05) is 0 Å². The molecule has 6 nitrogen and oxygen atoms in total. The maximum Gasteiger partial charge on any atom is 0.163 e. The van der Waals surface area contributed by atoms with Gasteiger partial charge in [-0.05, 0) is 6.07 Å². The summed E-state index contributed by atoms with van der Waals surface area (Å²) in [7, 11) is 3.21. The SMILES string of the molecule is COc1cc2nc(-c3ccn[nH]3)[nH]c2cc1OC. The zero-order chi connectivity index (χ0) is 12.5. The summed E-state index contributed by atoms with van der Waals surface area (Å²) in [5.74, 6) is 2.07. The number of benzene rings is 1. The number of hydrogen-bond donors (Lipinski definition) is 2. The predicted molar refractivity (Wildman–Crippen MR) is 66.8 cm³/mol. The van der Waals surface area contributed by atoms with Crippen molar-refractivity contribution in [3.05, 3.63) is 24.4 Å². The second-order valence-corrected chi connectivity index (χ2v) is 3.78. The molecule has 3 aromatic rings. The number of aromatic nitrogens is 4. The number of aromatic amines is 2. The van der Waals surface area contributed by atoms with Crippen LogP contribution < -0.4 is 9.47 Å². The second kappa shape index (κ2) is 4.06. The van der Waals surface area contributed by atoms with E-state index in [1.807, 2.05) is 18.2 Å². The third-order valence-corrected chi connectivity index (χ3v) is 2.74. The molecule has 0 atom stereocenters. The van der Waals surface area contributed by atoms with Gasteiger partial charge in [0.15, 0.2) is 17.3 Å². The van der Waals surface area contributed by atoms with E-state index in [1.165, 1.54) is 0 Å². The molecule has 1 aromatic carbocycles. The number of methoxy groups -OCH3 is 2. The van der Waals surface area contributed by atoms with Gasteiger partial charge in [-0.3, -0.25) is 5.10 Å². The van der Waals surface area contributed by atoms with E-state index in [0.717, 1.165) is 22.6 Å². The molecule has 2 aromatic heterocycles. The molecular formula is C12H12N4O2. The van der Waals surface area contributed by atoms with E-state index in [0.29, 0.717) is 11.5 Å². The van der Waals surface area contributed by atoms with Crippen molar-refractivity contribution in [1.29, 1.82) is 0 Å². The van der Waals surface area contributed by atoms with Gasteiger partial charge in [-0.2, -0.15) is 5.10 Å². The predicted octanol–water partition coefficient (Wildman–Crippen LogP) is 1.97. The number of nitrogens with zero attached hydrogens (tertiary/aromatic N) is 2. The summed E-state index contributed by atoms with van der Waals surface area (Å²) in [4.78, 5) is 7.68. The molecule has 0 bridgehead atoms. The molecule has 2 heterocycles. The second-order valence-electron chi connectivity index (χ2n) is 3.78. The number of nitrogens with one attached hydrogen (secondary N) is 2. The van der Waals surface area contributed by atoms with Gasteiger partial charge in [0.1, 0.15) is 5.69 Å². The molecule has 92 valence electrons. The lowest BCUT2D eigenvalue weighted by atomic mass is 10.3. The number of hydrogen-bond acceptors (Lipinski definition) is 4. The van der Waals surface area contributed by atoms with E-state index in [4.69, 9.17) is 9.47 Å². The van der Waals surface area contributed by atoms with Crippen LogP contribution in [0.3, 0.4) is 0 Å². The lowest BCUT2D eigenvalue weighted by Gasteiger charge is -2.06. The van der Waals surface area contributed by atoms with Crippen LogP contribution in [0.5, 0.6) is 11.5 Å². The van der Waals surface area contributed by atoms with Gasteiger partial charge in [0, 0.05) is 18.3 Å². The van der Waals surface area contributed by atoms with Gasteiger partial charge >= 0.3 is 0 Å². The van der Waals surface area contributed by atoms with Gasteiger partial charge in [0.2, 0.25) is 0 Å². The first kappa shape index (κ1) is 10.6. The minimum Gasteiger partial charge on any atom is -0.493 e. The zero-order valence-electron chi connectivity index (χ0n) is 10.0. The van der Waals surface area contributed by atoms with Crippen molar-refractivity contribution in [3.63, 3.8) is 0 Å². The van der Waals surface area contributed by atoms with Crippen LogP contribution in [0.1, 0.15) is 0 Å². The average Bonchev–Trinajstić information content (AvgIpc) is 3.04. The van der Waals surface area contributed by atoms with Gasteiger partial charge < -0.3 is 14.5 Å². The molecule has 0 unspecified atom stereocenters. The number of rotatable bonds is 3. The topological polar surface area (TPSA) is 75.8 Å². The van der Waals surface area contributed by atoms with E-state index in [-0.39, 0.29) is 0 Å². The Morgan fingerprint density at radius 1 is 1.11 bits per heavy atom. The molecule has 0 aliphatic carbocycles. The molecule has 2 N–H and O–H groups in total. The lowest BCUT2D eigenvalue weighted by Crippen LogP contribution is -1.89. The van der Waals surface area contributed by atoms with Gasteiger partial charge in [0.25, 0.3) is 0 Å². The third-order valence-electron chi connectivity index (χ3n) is 2.74. The highest BCUT2D eigenvalue weighted by Gasteiger charge is 2.11. The molecular weight excluding hydrogens is 232 g/mol. The molecule has 0 saturated heterocycles. The van der Waals surface area contributed by atoms with Crippen LogP contribution in [0, 0.1) is 0 Å². The highest BCUT2D eigenvalue weighted by atomic mass is 16.5. The summed E-state index contributed by atoms with van der Waals surface area (Å²) >= 11 is 0. The van der Waals surface area contributed by atoms with Crippen molar-refractivity contribution in [1.82, 2.24) is 20.2 Å². The summed E-state index contributed by atoms with van der Waals surface area (Å²) < 4.78 is 10.5. The van der Waals surface area contributed by atoms with Crippen LogP contribution in [0.4, 0.5) is 0 Å². The quantitative estimate of drug-likeness (QED) is 0.738. The Kier molecular flexibility index (Phi) is 2.40. The molecule has 3 rings (SSSR count). The minimum atomic E-state index is 0.660. The van der Waals surface area contributed by atoms with Crippen LogP contribution in [0.2, 0.25) is 0 Å². The van der Waals surface area contributed by atoms with Crippen molar-refractivity contribution in [2.75, 3.05) is 14.2 Å². The molecule has 6 heteroatoms. The summed E-state index contributed by atoms with van der Waals surface area (Å²) in [6.07, 6.45) is 1.68. The smallest absolute Gasteiger partial charge is 0.163 e. The van der Waals surface area contributed by atoms with Crippen molar-refractivity contribution >= 4 is 11.0 Å². The van der Waals surface area contributed by atoms with Gasteiger partial charge in [-0.25, -0.2) is 4.98 Å². The summed E-state index contributed by atoms with van der Waals surface area (Å²) in [6, 6.07) is 5.55. The third kappa shape index (κ3) is 1.58. The van der Waals surface area contributed by atoms with Crippen LogP contribution in [-0.4, -0.2) is 34.4 Å². The Hall–Kier alpha value is -2.50. The highest BCUT2D eigenvalue weighted by Crippen LogP contribution is 2.32. The van der Waals surface area contributed by atoms with E-state index < -0.39 is 0 Å². The van der Waals surface area contributed by atoms with E-state index >= 15 is 0 Å². The van der Waals surface area contributed by atoms with Crippen molar-refractivity contribution in [2.24, 2.45) is 0 Å². The molecule has 0 fully saturated rings. The zero-order valence-corrected chi connectivity index (χ0v) is 10.0. The molecule has 0 saturated carbocycles. The van der Waals surface area contributed by atoms with Crippen molar-refractivity contribution in [3.8, 4) is 23.0 Å². The average molecular weight is 244 g/mol.